The normalized spacial score (nSPS) is 12.8. The van der Waals surface area contributed by atoms with Gasteiger partial charge in [-0.15, -0.1) is 0 Å². The second-order valence-electron chi connectivity index (χ2n) is 6.83. The van der Waals surface area contributed by atoms with Crippen LogP contribution >= 0.6 is 0 Å². The molecule has 0 amide bonds. The molecule has 0 aliphatic carbocycles. The molecule has 2 aromatic carbocycles. The van der Waals surface area contributed by atoms with E-state index in [9.17, 15) is 5.11 Å². The van der Waals surface area contributed by atoms with Gasteiger partial charge in [0.05, 0.1) is 16.6 Å². The quantitative estimate of drug-likeness (QED) is 0.614. The maximum atomic E-state index is 10.3. The summed E-state index contributed by atoms with van der Waals surface area (Å²) < 4.78 is 2.28. The maximum Gasteiger partial charge on any atom is 0.145 e. The van der Waals surface area contributed by atoms with Gasteiger partial charge < -0.3 is 14.6 Å². The lowest BCUT2D eigenvalue weighted by Gasteiger charge is -2.21. The second-order valence-corrected chi connectivity index (χ2v) is 6.83. The molecule has 26 heavy (non-hydrogen) atoms. The first-order valence-corrected chi connectivity index (χ1v) is 9.63. The average molecular weight is 351 g/mol. The van der Waals surface area contributed by atoms with Crippen molar-refractivity contribution in [3.8, 4) is 17.1 Å². The number of aromatic nitrogens is 2. The Morgan fingerprint density at radius 1 is 1.04 bits per heavy atom. The van der Waals surface area contributed by atoms with E-state index in [4.69, 9.17) is 4.98 Å². The lowest BCUT2D eigenvalue weighted by Crippen LogP contribution is -2.24. The van der Waals surface area contributed by atoms with E-state index in [0.717, 1.165) is 54.9 Å². The highest BCUT2D eigenvalue weighted by Gasteiger charge is 2.19. The molecule has 4 heteroatoms. The number of para-hydroxylation sites is 3. The minimum Gasteiger partial charge on any atom is -0.507 e. The van der Waals surface area contributed by atoms with E-state index < -0.39 is 0 Å². The summed E-state index contributed by atoms with van der Waals surface area (Å²) in [5.41, 5.74) is 2.89. The zero-order valence-corrected chi connectivity index (χ0v) is 16.0. The summed E-state index contributed by atoms with van der Waals surface area (Å²) >= 11 is 0. The fourth-order valence-electron chi connectivity index (χ4n) is 3.62. The molecule has 1 unspecified atom stereocenters. The average Bonchev–Trinajstić information content (AvgIpc) is 3.05. The van der Waals surface area contributed by atoms with Gasteiger partial charge in [-0.25, -0.2) is 4.98 Å². The van der Waals surface area contributed by atoms with Crippen LogP contribution in [-0.4, -0.2) is 39.2 Å². The molecule has 0 aliphatic rings. The van der Waals surface area contributed by atoms with Crippen LogP contribution in [0.15, 0.2) is 48.5 Å². The molecule has 1 N–H and O–H groups in total. The second kappa shape index (κ2) is 8.37. The fourth-order valence-corrected chi connectivity index (χ4v) is 3.62. The zero-order chi connectivity index (χ0) is 18.5. The van der Waals surface area contributed by atoms with Crippen LogP contribution in [0.2, 0.25) is 0 Å². The van der Waals surface area contributed by atoms with Crippen molar-refractivity contribution in [2.45, 2.75) is 39.7 Å². The maximum absolute atomic E-state index is 10.3. The fraction of sp³-hybridized carbons (Fsp3) is 0.409. The van der Waals surface area contributed by atoms with Crippen molar-refractivity contribution in [2.75, 3.05) is 19.6 Å². The Morgan fingerprint density at radius 2 is 1.73 bits per heavy atom. The van der Waals surface area contributed by atoms with Gasteiger partial charge in [-0.3, -0.25) is 0 Å². The van der Waals surface area contributed by atoms with Crippen LogP contribution in [0, 0.1) is 0 Å². The van der Waals surface area contributed by atoms with Gasteiger partial charge in [0.1, 0.15) is 11.6 Å². The van der Waals surface area contributed by atoms with Crippen molar-refractivity contribution < 1.29 is 5.11 Å². The molecule has 0 aliphatic heterocycles. The Kier molecular flexibility index (Phi) is 5.94. The van der Waals surface area contributed by atoms with Crippen LogP contribution in [0.25, 0.3) is 22.4 Å². The molecular formula is C22H29N3O. The van der Waals surface area contributed by atoms with E-state index in [0.29, 0.717) is 6.04 Å². The number of imidazole rings is 1. The molecule has 0 saturated heterocycles. The lowest BCUT2D eigenvalue weighted by molar-refractivity contribution is 0.289. The summed E-state index contributed by atoms with van der Waals surface area (Å²) in [6, 6.07) is 16.0. The molecule has 0 radical (unpaired) electrons. The summed E-state index contributed by atoms with van der Waals surface area (Å²) in [5.74, 6) is 1.12. The molecular weight excluding hydrogens is 322 g/mol. The van der Waals surface area contributed by atoms with Crippen LogP contribution < -0.4 is 0 Å². The van der Waals surface area contributed by atoms with Crippen molar-refractivity contribution in [1.29, 1.82) is 0 Å². The highest BCUT2D eigenvalue weighted by molar-refractivity contribution is 5.82. The van der Waals surface area contributed by atoms with Gasteiger partial charge in [0, 0.05) is 6.04 Å². The highest BCUT2D eigenvalue weighted by Crippen LogP contribution is 2.34. The summed E-state index contributed by atoms with van der Waals surface area (Å²) in [6.45, 7) is 10.00. The third kappa shape index (κ3) is 3.75. The summed E-state index contributed by atoms with van der Waals surface area (Å²) in [4.78, 5) is 7.29. The zero-order valence-electron chi connectivity index (χ0n) is 16.0. The van der Waals surface area contributed by atoms with E-state index in [-0.39, 0.29) is 5.75 Å². The van der Waals surface area contributed by atoms with Gasteiger partial charge in [0.15, 0.2) is 0 Å². The molecule has 0 spiro atoms. The Balaban J connectivity index is 1.93. The third-order valence-electron chi connectivity index (χ3n) is 5.17. The van der Waals surface area contributed by atoms with E-state index in [1.807, 2.05) is 30.3 Å². The van der Waals surface area contributed by atoms with Crippen LogP contribution in [0.4, 0.5) is 0 Å². The van der Waals surface area contributed by atoms with Crippen LogP contribution in [0.3, 0.4) is 0 Å². The first-order valence-electron chi connectivity index (χ1n) is 9.63. The molecule has 0 saturated carbocycles. The Morgan fingerprint density at radius 3 is 2.46 bits per heavy atom. The van der Waals surface area contributed by atoms with Crippen LogP contribution in [0.1, 0.15) is 39.7 Å². The number of nitrogens with zero attached hydrogens (tertiary/aromatic N) is 3. The van der Waals surface area contributed by atoms with Gasteiger partial charge >= 0.3 is 0 Å². The standard InChI is InChI=1S/C22H29N3O/c1-4-24(5-2)16-10-11-17(3)25-20-14-8-7-13-19(20)23-22(25)18-12-6-9-15-21(18)26/h6-9,12-15,17,26H,4-5,10-11,16H2,1-3H3. The highest BCUT2D eigenvalue weighted by atomic mass is 16.3. The van der Waals surface area contributed by atoms with Crippen LogP contribution in [0.5, 0.6) is 5.75 Å². The molecule has 3 aromatic rings. The van der Waals surface area contributed by atoms with Crippen molar-refractivity contribution in [3.63, 3.8) is 0 Å². The third-order valence-corrected chi connectivity index (χ3v) is 5.17. The van der Waals surface area contributed by atoms with E-state index in [1.54, 1.807) is 6.07 Å². The minimum atomic E-state index is 0.277. The molecule has 138 valence electrons. The summed E-state index contributed by atoms with van der Waals surface area (Å²) in [7, 11) is 0. The molecule has 0 fully saturated rings. The smallest absolute Gasteiger partial charge is 0.145 e. The Bertz CT molecular complexity index is 851. The van der Waals surface area contributed by atoms with Gasteiger partial charge in [-0.05, 0) is 63.7 Å². The van der Waals surface area contributed by atoms with Crippen LogP contribution in [-0.2, 0) is 0 Å². The summed E-state index contributed by atoms with van der Waals surface area (Å²) in [5, 5.41) is 10.3. The number of benzene rings is 2. The Labute approximate surface area is 156 Å². The van der Waals surface area contributed by atoms with E-state index in [1.165, 1.54) is 0 Å². The predicted molar refractivity (Wildman–Crippen MR) is 109 cm³/mol. The van der Waals surface area contributed by atoms with Crippen molar-refractivity contribution in [2.24, 2.45) is 0 Å². The number of phenols is 1. The van der Waals surface area contributed by atoms with Crippen molar-refractivity contribution in [1.82, 2.24) is 14.5 Å². The Hall–Kier alpha value is -2.33. The summed E-state index contributed by atoms with van der Waals surface area (Å²) in [6.07, 6.45) is 2.23. The molecule has 1 atom stereocenters. The number of rotatable bonds is 8. The largest absolute Gasteiger partial charge is 0.507 e. The monoisotopic (exact) mass is 351 g/mol. The number of fused-ring (bicyclic) bond motifs is 1. The molecule has 3 rings (SSSR count). The molecule has 0 bridgehead atoms. The van der Waals surface area contributed by atoms with Crippen molar-refractivity contribution in [3.05, 3.63) is 48.5 Å². The van der Waals surface area contributed by atoms with Gasteiger partial charge in [-0.1, -0.05) is 38.1 Å². The van der Waals surface area contributed by atoms with Gasteiger partial charge in [0.25, 0.3) is 0 Å². The van der Waals surface area contributed by atoms with E-state index in [2.05, 4.69) is 42.4 Å². The number of hydrogen-bond donors (Lipinski definition) is 1. The lowest BCUT2D eigenvalue weighted by atomic mass is 10.1. The van der Waals surface area contributed by atoms with Crippen molar-refractivity contribution >= 4 is 11.0 Å². The topological polar surface area (TPSA) is 41.3 Å². The van der Waals surface area contributed by atoms with Gasteiger partial charge in [-0.2, -0.15) is 0 Å². The first kappa shape index (κ1) is 18.5. The molecule has 1 heterocycles. The minimum absolute atomic E-state index is 0.277. The van der Waals surface area contributed by atoms with Gasteiger partial charge in [0.2, 0.25) is 0 Å². The number of phenolic OH excluding ortho intramolecular Hbond substituents is 1. The number of aromatic hydroxyl groups is 1. The molecule has 4 nitrogen and oxygen atoms in total. The number of hydrogen-bond acceptors (Lipinski definition) is 3. The predicted octanol–water partition coefficient (Wildman–Crippen LogP) is 5.09. The first-order chi connectivity index (χ1) is 12.7. The molecule has 1 aromatic heterocycles. The van der Waals surface area contributed by atoms with E-state index >= 15 is 0 Å². The SMILES string of the molecule is CCN(CC)CCCC(C)n1c(-c2ccccc2O)nc2ccccc21.